The lowest BCUT2D eigenvalue weighted by molar-refractivity contribution is -0.119. The first-order valence-electron chi connectivity index (χ1n) is 9.43. The van der Waals surface area contributed by atoms with Gasteiger partial charge in [-0.2, -0.15) is 0 Å². The van der Waals surface area contributed by atoms with Crippen molar-refractivity contribution >= 4 is 39.2 Å². The molecule has 1 unspecified atom stereocenters. The summed E-state index contributed by atoms with van der Waals surface area (Å²) in [6, 6.07) is 14.1. The Balaban J connectivity index is 1.25. The predicted octanol–water partition coefficient (Wildman–Crippen LogP) is 4.43. The first-order valence-corrected chi connectivity index (χ1v) is 11.2. The smallest absolute Gasteiger partial charge is 0.230 e. The fourth-order valence-corrected chi connectivity index (χ4v) is 5.29. The number of hydrogen-bond acceptors (Lipinski definition) is 6. The van der Waals surface area contributed by atoms with Crippen LogP contribution in [0.25, 0.3) is 10.2 Å². The Morgan fingerprint density at radius 2 is 2.00 bits per heavy atom. The number of hydrogen-bond donors (Lipinski definition) is 1. The molecule has 1 saturated carbocycles. The van der Waals surface area contributed by atoms with Gasteiger partial charge in [0.25, 0.3) is 0 Å². The van der Waals surface area contributed by atoms with Crippen LogP contribution in [0.5, 0.6) is 11.5 Å². The van der Waals surface area contributed by atoms with Crippen molar-refractivity contribution in [1.82, 2.24) is 10.3 Å². The van der Waals surface area contributed by atoms with E-state index in [0.29, 0.717) is 24.9 Å². The number of carbonyl (C=O) groups excluding carboxylic acids is 1. The lowest BCUT2D eigenvalue weighted by Gasteiger charge is -2.23. The van der Waals surface area contributed by atoms with Crippen LogP contribution >= 0.6 is 23.1 Å². The number of carbonyl (C=O) groups is 1. The molecule has 1 aromatic heterocycles. The molecule has 3 aromatic rings. The lowest BCUT2D eigenvalue weighted by atomic mass is 10.0. The Hall–Kier alpha value is -2.25. The molecular weight excluding hydrogens is 392 g/mol. The van der Waals surface area contributed by atoms with E-state index in [2.05, 4.69) is 16.4 Å². The van der Waals surface area contributed by atoms with Gasteiger partial charge in [0.15, 0.2) is 15.8 Å². The molecule has 5 rings (SSSR count). The summed E-state index contributed by atoms with van der Waals surface area (Å²) >= 11 is 3.13. The Labute approximate surface area is 171 Å². The zero-order valence-corrected chi connectivity index (χ0v) is 16.9. The van der Waals surface area contributed by atoms with E-state index in [1.807, 2.05) is 36.4 Å². The molecule has 28 heavy (non-hydrogen) atoms. The summed E-state index contributed by atoms with van der Waals surface area (Å²) < 4.78 is 13.4. The second-order valence-electron chi connectivity index (χ2n) is 7.02. The van der Waals surface area contributed by atoms with Gasteiger partial charge in [-0.05, 0) is 48.6 Å². The Morgan fingerprint density at radius 3 is 2.82 bits per heavy atom. The standard InChI is InChI=1S/C21H20N2O3S2/c24-19(12-27-21-22-15-3-1-2-4-18(15)28-21)23-20(13-5-6-13)14-7-8-16-17(11-14)26-10-9-25-16/h1-4,7-8,11,13,20H,5-6,9-10,12H2,(H,23,24). The zero-order chi connectivity index (χ0) is 18.9. The number of amides is 1. The van der Waals surface area contributed by atoms with Gasteiger partial charge in [0.1, 0.15) is 13.2 Å². The normalized spacial score (nSPS) is 16.7. The molecule has 2 heterocycles. The minimum Gasteiger partial charge on any atom is -0.486 e. The van der Waals surface area contributed by atoms with E-state index in [1.165, 1.54) is 11.8 Å². The molecule has 1 aliphatic heterocycles. The highest BCUT2D eigenvalue weighted by Crippen LogP contribution is 2.43. The highest BCUT2D eigenvalue weighted by Gasteiger charge is 2.34. The molecule has 7 heteroatoms. The van der Waals surface area contributed by atoms with Gasteiger partial charge in [0.2, 0.25) is 5.91 Å². The summed E-state index contributed by atoms with van der Waals surface area (Å²) in [5, 5.41) is 3.23. The number of nitrogens with one attached hydrogen (secondary N) is 1. The van der Waals surface area contributed by atoms with Gasteiger partial charge in [-0.1, -0.05) is 30.0 Å². The van der Waals surface area contributed by atoms with Crippen molar-refractivity contribution in [3.8, 4) is 11.5 Å². The maximum absolute atomic E-state index is 12.6. The SMILES string of the molecule is O=C(CSc1nc2ccccc2s1)NC(c1ccc2c(c1)OCCO2)C1CC1. The number of nitrogens with zero attached hydrogens (tertiary/aromatic N) is 1. The third-order valence-electron chi connectivity index (χ3n) is 4.94. The average Bonchev–Trinajstić information content (AvgIpc) is 3.48. The second kappa shape index (κ2) is 7.64. The summed E-state index contributed by atoms with van der Waals surface area (Å²) in [6.07, 6.45) is 2.29. The third kappa shape index (κ3) is 3.82. The van der Waals surface area contributed by atoms with Crippen LogP contribution in [0, 0.1) is 5.92 Å². The van der Waals surface area contributed by atoms with Crippen LogP contribution in [0.4, 0.5) is 0 Å². The molecule has 2 aromatic carbocycles. The quantitative estimate of drug-likeness (QED) is 0.607. The predicted molar refractivity (Wildman–Crippen MR) is 111 cm³/mol. The van der Waals surface area contributed by atoms with E-state index in [4.69, 9.17) is 9.47 Å². The van der Waals surface area contributed by atoms with E-state index < -0.39 is 0 Å². The van der Waals surface area contributed by atoms with Crippen LogP contribution < -0.4 is 14.8 Å². The molecule has 0 bridgehead atoms. The largest absolute Gasteiger partial charge is 0.486 e. The van der Waals surface area contributed by atoms with Crippen molar-refractivity contribution in [2.75, 3.05) is 19.0 Å². The molecule has 1 atom stereocenters. The van der Waals surface area contributed by atoms with Crippen LogP contribution in [0.1, 0.15) is 24.4 Å². The number of rotatable bonds is 6. The molecule has 2 aliphatic rings. The number of aromatic nitrogens is 1. The van der Waals surface area contributed by atoms with Crippen molar-refractivity contribution < 1.29 is 14.3 Å². The highest BCUT2D eigenvalue weighted by atomic mass is 32.2. The number of thioether (sulfide) groups is 1. The first kappa shape index (κ1) is 17.8. The highest BCUT2D eigenvalue weighted by molar-refractivity contribution is 8.01. The summed E-state index contributed by atoms with van der Waals surface area (Å²) in [5.41, 5.74) is 2.08. The van der Waals surface area contributed by atoms with E-state index in [9.17, 15) is 4.79 Å². The Bertz CT molecular complexity index is 983. The summed E-state index contributed by atoms with van der Waals surface area (Å²) in [7, 11) is 0. The van der Waals surface area contributed by atoms with Gasteiger partial charge in [0, 0.05) is 0 Å². The van der Waals surface area contributed by atoms with E-state index in [1.54, 1.807) is 11.3 Å². The molecular formula is C21H20N2O3S2. The van der Waals surface area contributed by atoms with Crippen molar-refractivity contribution in [3.05, 3.63) is 48.0 Å². The number of benzene rings is 2. The Morgan fingerprint density at radius 1 is 1.18 bits per heavy atom. The lowest BCUT2D eigenvalue weighted by Crippen LogP contribution is -2.31. The number of para-hydroxylation sites is 1. The fourth-order valence-electron chi connectivity index (χ4n) is 3.41. The maximum atomic E-state index is 12.6. The molecule has 5 nitrogen and oxygen atoms in total. The van der Waals surface area contributed by atoms with Crippen molar-refractivity contribution in [2.24, 2.45) is 5.92 Å². The average molecular weight is 413 g/mol. The van der Waals surface area contributed by atoms with Crippen molar-refractivity contribution in [2.45, 2.75) is 23.2 Å². The number of ether oxygens (including phenoxy) is 2. The molecule has 1 fully saturated rings. The van der Waals surface area contributed by atoms with E-state index in [-0.39, 0.29) is 11.9 Å². The molecule has 144 valence electrons. The minimum atomic E-state index is 0.0271. The topological polar surface area (TPSA) is 60.5 Å². The summed E-state index contributed by atoms with van der Waals surface area (Å²) in [5.74, 6) is 2.46. The van der Waals surface area contributed by atoms with Crippen LogP contribution in [0.2, 0.25) is 0 Å². The summed E-state index contributed by atoms with van der Waals surface area (Å²) in [4.78, 5) is 17.2. The summed E-state index contributed by atoms with van der Waals surface area (Å²) in [6.45, 7) is 1.15. The molecule has 0 spiro atoms. The number of fused-ring (bicyclic) bond motifs is 2. The molecule has 0 saturated heterocycles. The second-order valence-corrected chi connectivity index (χ2v) is 9.27. The van der Waals surface area contributed by atoms with Crippen LogP contribution in [-0.4, -0.2) is 29.9 Å². The van der Waals surface area contributed by atoms with Crippen molar-refractivity contribution in [1.29, 1.82) is 0 Å². The van der Waals surface area contributed by atoms with Crippen molar-refractivity contribution in [3.63, 3.8) is 0 Å². The Kier molecular flexibility index (Phi) is 4.86. The fraction of sp³-hybridized carbons (Fsp3) is 0.333. The van der Waals surface area contributed by atoms with Gasteiger partial charge >= 0.3 is 0 Å². The van der Waals surface area contributed by atoms with Gasteiger partial charge in [-0.3, -0.25) is 4.79 Å². The van der Waals surface area contributed by atoms with E-state index >= 15 is 0 Å². The van der Waals surface area contributed by atoms with Gasteiger partial charge in [-0.25, -0.2) is 4.98 Å². The molecule has 1 aliphatic carbocycles. The molecule has 0 radical (unpaired) electrons. The van der Waals surface area contributed by atoms with Crippen LogP contribution in [0.3, 0.4) is 0 Å². The van der Waals surface area contributed by atoms with Gasteiger partial charge < -0.3 is 14.8 Å². The third-order valence-corrected chi connectivity index (χ3v) is 7.12. The molecule has 1 amide bonds. The minimum absolute atomic E-state index is 0.0271. The maximum Gasteiger partial charge on any atom is 0.230 e. The van der Waals surface area contributed by atoms with E-state index in [0.717, 1.165) is 44.5 Å². The zero-order valence-electron chi connectivity index (χ0n) is 15.2. The number of thiazole rings is 1. The van der Waals surface area contributed by atoms with Gasteiger partial charge in [0.05, 0.1) is 22.0 Å². The van der Waals surface area contributed by atoms with Gasteiger partial charge in [-0.15, -0.1) is 11.3 Å². The monoisotopic (exact) mass is 412 g/mol. The van der Waals surface area contributed by atoms with Crippen LogP contribution in [0.15, 0.2) is 46.8 Å². The first-order chi connectivity index (χ1) is 13.8. The van der Waals surface area contributed by atoms with Crippen LogP contribution in [-0.2, 0) is 4.79 Å². The molecule has 1 N–H and O–H groups in total.